The Morgan fingerprint density at radius 2 is 1.86 bits per heavy atom. The predicted octanol–water partition coefficient (Wildman–Crippen LogP) is -0.0358. The highest BCUT2D eigenvalue weighted by Crippen LogP contribution is 2.05. The van der Waals surface area contributed by atoms with Gasteiger partial charge in [-0.3, -0.25) is 4.79 Å². The van der Waals surface area contributed by atoms with Crippen molar-refractivity contribution < 1.29 is 4.79 Å². The molecule has 1 amide bonds. The van der Waals surface area contributed by atoms with Gasteiger partial charge in [0.2, 0.25) is 5.91 Å². The number of hydrogen-bond donors (Lipinski definition) is 2. The molecule has 0 bridgehead atoms. The molecule has 1 saturated heterocycles. The van der Waals surface area contributed by atoms with E-state index in [0.717, 1.165) is 13.1 Å². The SMILES string of the molecule is CC1CN(C(=O)[C@@H](C)N)CC(C)N1.Cl. The molecule has 1 aliphatic heterocycles. The highest BCUT2D eigenvalue weighted by atomic mass is 35.5. The highest BCUT2D eigenvalue weighted by Gasteiger charge is 2.25. The van der Waals surface area contributed by atoms with Gasteiger partial charge in [-0.25, -0.2) is 0 Å². The number of carbonyl (C=O) groups is 1. The molecule has 2 unspecified atom stereocenters. The van der Waals surface area contributed by atoms with Gasteiger partial charge >= 0.3 is 0 Å². The fraction of sp³-hybridized carbons (Fsp3) is 0.889. The monoisotopic (exact) mass is 221 g/mol. The van der Waals surface area contributed by atoms with Gasteiger partial charge < -0.3 is 16.0 Å². The van der Waals surface area contributed by atoms with Crippen LogP contribution in [0.3, 0.4) is 0 Å². The third kappa shape index (κ3) is 3.44. The van der Waals surface area contributed by atoms with Crippen molar-refractivity contribution in [3.05, 3.63) is 0 Å². The van der Waals surface area contributed by atoms with Crippen LogP contribution in [0.2, 0.25) is 0 Å². The fourth-order valence-corrected chi connectivity index (χ4v) is 1.79. The van der Waals surface area contributed by atoms with Gasteiger partial charge in [0.1, 0.15) is 0 Å². The van der Waals surface area contributed by atoms with Crippen LogP contribution in [0.4, 0.5) is 0 Å². The third-order valence-electron chi connectivity index (χ3n) is 2.26. The van der Waals surface area contributed by atoms with Gasteiger partial charge in [0, 0.05) is 25.2 Å². The van der Waals surface area contributed by atoms with Crippen molar-refractivity contribution in [1.29, 1.82) is 0 Å². The zero-order valence-corrected chi connectivity index (χ0v) is 9.80. The lowest BCUT2D eigenvalue weighted by Gasteiger charge is -2.36. The van der Waals surface area contributed by atoms with E-state index < -0.39 is 0 Å². The number of nitrogens with zero attached hydrogens (tertiary/aromatic N) is 1. The number of carbonyl (C=O) groups excluding carboxylic acids is 1. The number of amides is 1. The van der Waals surface area contributed by atoms with E-state index in [1.165, 1.54) is 0 Å². The summed E-state index contributed by atoms with van der Waals surface area (Å²) in [6, 6.07) is 0.357. The second-order valence-corrected chi connectivity index (χ2v) is 4.00. The zero-order chi connectivity index (χ0) is 10.0. The molecule has 1 fully saturated rings. The normalized spacial score (nSPS) is 29.3. The minimum absolute atomic E-state index is 0. The van der Waals surface area contributed by atoms with E-state index in [0.29, 0.717) is 12.1 Å². The Kier molecular flexibility index (Phi) is 5.41. The van der Waals surface area contributed by atoms with Crippen LogP contribution in [0.1, 0.15) is 20.8 Å². The summed E-state index contributed by atoms with van der Waals surface area (Å²) >= 11 is 0. The van der Waals surface area contributed by atoms with E-state index in [4.69, 9.17) is 5.73 Å². The molecule has 0 spiro atoms. The Morgan fingerprint density at radius 3 is 2.21 bits per heavy atom. The van der Waals surface area contributed by atoms with Crippen molar-refractivity contribution in [3.63, 3.8) is 0 Å². The van der Waals surface area contributed by atoms with E-state index in [-0.39, 0.29) is 24.4 Å². The van der Waals surface area contributed by atoms with E-state index in [1.807, 2.05) is 4.90 Å². The molecule has 3 atom stereocenters. The molecule has 84 valence electrons. The van der Waals surface area contributed by atoms with Crippen LogP contribution in [0, 0.1) is 0 Å². The molecule has 1 aliphatic rings. The van der Waals surface area contributed by atoms with Crippen LogP contribution in [-0.2, 0) is 4.79 Å². The quantitative estimate of drug-likeness (QED) is 0.654. The summed E-state index contributed by atoms with van der Waals surface area (Å²) in [7, 11) is 0. The Morgan fingerprint density at radius 1 is 1.43 bits per heavy atom. The minimum atomic E-state index is -0.377. The number of nitrogens with two attached hydrogens (primary N) is 1. The second-order valence-electron chi connectivity index (χ2n) is 4.00. The molecule has 0 aromatic rings. The molecule has 1 heterocycles. The van der Waals surface area contributed by atoms with Crippen molar-refractivity contribution in [3.8, 4) is 0 Å². The lowest BCUT2D eigenvalue weighted by molar-refractivity contribution is -0.133. The van der Waals surface area contributed by atoms with Gasteiger partial charge in [-0.2, -0.15) is 0 Å². The molecule has 0 radical (unpaired) electrons. The first kappa shape index (κ1) is 13.7. The van der Waals surface area contributed by atoms with Gasteiger partial charge in [-0.05, 0) is 20.8 Å². The average Bonchev–Trinajstić information content (AvgIpc) is 2.01. The predicted molar refractivity (Wildman–Crippen MR) is 59.5 cm³/mol. The Bertz CT molecular complexity index is 188. The van der Waals surface area contributed by atoms with Gasteiger partial charge in [0.25, 0.3) is 0 Å². The van der Waals surface area contributed by atoms with Gasteiger partial charge in [0.15, 0.2) is 0 Å². The van der Waals surface area contributed by atoms with Crippen molar-refractivity contribution in [1.82, 2.24) is 10.2 Å². The van der Waals surface area contributed by atoms with Crippen LogP contribution in [0.5, 0.6) is 0 Å². The van der Waals surface area contributed by atoms with E-state index in [2.05, 4.69) is 19.2 Å². The van der Waals surface area contributed by atoms with E-state index >= 15 is 0 Å². The van der Waals surface area contributed by atoms with Crippen LogP contribution in [0.25, 0.3) is 0 Å². The molecule has 3 N–H and O–H groups in total. The van der Waals surface area contributed by atoms with E-state index in [9.17, 15) is 4.79 Å². The topological polar surface area (TPSA) is 58.4 Å². The molecule has 0 aliphatic carbocycles. The number of halogens is 1. The van der Waals surface area contributed by atoms with E-state index in [1.54, 1.807) is 6.92 Å². The van der Waals surface area contributed by atoms with Crippen LogP contribution >= 0.6 is 12.4 Å². The average molecular weight is 222 g/mol. The number of rotatable bonds is 1. The van der Waals surface area contributed by atoms with Crippen molar-refractivity contribution in [2.45, 2.75) is 38.9 Å². The Hall–Kier alpha value is -0.320. The lowest BCUT2D eigenvalue weighted by Crippen LogP contribution is -2.58. The van der Waals surface area contributed by atoms with Gasteiger partial charge in [0.05, 0.1) is 6.04 Å². The summed E-state index contributed by atoms with van der Waals surface area (Å²) in [6.07, 6.45) is 0. The Labute approximate surface area is 91.6 Å². The summed E-state index contributed by atoms with van der Waals surface area (Å²) in [4.78, 5) is 13.4. The Balaban J connectivity index is 0.00000169. The number of nitrogens with one attached hydrogen (secondary N) is 1. The molecule has 14 heavy (non-hydrogen) atoms. The number of piperazine rings is 1. The van der Waals surface area contributed by atoms with Gasteiger partial charge in [-0.15, -0.1) is 12.4 Å². The van der Waals surface area contributed by atoms with Crippen molar-refractivity contribution in [2.24, 2.45) is 5.73 Å². The summed E-state index contributed by atoms with van der Waals surface area (Å²) in [5.74, 6) is 0.0557. The fourth-order valence-electron chi connectivity index (χ4n) is 1.79. The second kappa shape index (κ2) is 5.53. The minimum Gasteiger partial charge on any atom is -0.338 e. The van der Waals surface area contributed by atoms with Crippen molar-refractivity contribution in [2.75, 3.05) is 13.1 Å². The number of hydrogen-bond acceptors (Lipinski definition) is 3. The maximum absolute atomic E-state index is 11.6. The lowest BCUT2D eigenvalue weighted by atomic mass is 10.1. The first-order valence-corrected chi connectivity index (χ1v) is 4.81. The summed E-state index contributed by atoms with van der Waals surface area (Å²) in [5, 5.41) is 3.37. The van der Waals surface area contributed by atoms with Gasteiger partial charge in [-0.1, -0.05) is 0 Å². The van der Waals surface area contributed by atoms with Crippen molar-refractivity contribution >= 4 is 18.3 Å². The molecule has 4 nitrogen and oxygen atoms in total. The molecule has 0 aromatic carbocycles. The molecule has 5 heteroatoms. The summed E-state index contributed by atoms with van der Waals surface area (Å²) in [6.45, 7) is 7.43. The molecular weight excluding hydrogens is 202 g/mol. The molecule has 0 saturated carbocycles. The smallest absolute Gasteiger partial charge is 0.239 e. The standard InChI is InChI=1S/C9H19N3O.ClH/c1-6-4-12(5-7(2)11-6)9(13)8(3)10;/h6-8,11H,4-5,10H2,1-3H3;1H/t6?,7?,8-;/m1./s1. The zero-order valence-electron chi connectivity index (χ0n) is 8.99. The van der Waals surface area contributed by atoms with Crippen LogP contribution in [-0.4, -0.2) is 42.0 Å². The molecular formula is C9H20ClN3O. The van der Waals surface area contributed by atoms with Crippen LogP contribution in [0.15, 0.2) is 0 Å². The molecule has 1 rings (SSSR count). The van der Waals surface area contributed by atoms with Crippen LogP contribution < -0.4 is 11.1 Å². The first-order chi connectivity index (χ1) is 6.00. The summed E-state index contributed by atoms with van der Waals surface area (Å²) < 4.78 is 0. The molecule has 0 aromatic heterocycles. The summed E-state index contributed by atoms with van der Waals surface area (Å²) in [5.41, 5.74) is 5.55. The largest absolute Gasteiger partial charge is 0.338 e. The first-order valence-electron chi connectivity index (χ1n) is 4.81. The third-order valence-corrected chi connectivity index (χ3v) is 2.26. The highest BCUT2D eigenvalue weighted by molar-refractivity contribution is 5.85. The maximum Gasteiger partial charge on any atom is 0.239 e. The maximum atomic E-state index is 11.6.